The lowest BCUT2D eigenvalue weighted by Gasteiger charge is -2.23. The predicted molar refractivity (Wildman–Crippen MR) is 108 cm³/mol. The minimum atomic E-state index is -0.702. The molecule has 3 amide bonds. The number of rotatable bonds is 8. The molecule has 3 rings (SSSR count). The highest BCUT2D eigenvalue weighted by molar-refractivity contribution is 6.31. The number of methoxy groups -OCH3 is 1. The van der Waals surface area contributed by atoms with Crippen molar-refractivity contribution in [3.63, 3.8) is 0 Å². The highest BCUT2D eigenvalue weighted by Gasteiger charge is 2.34. The number of nitrogens with two attached hydrogens (primary N) is 1. The molecule has 0 radical (unpaired) electrons. The van der Waals surface area contributed by atoms with E-state index in [1.165, 1.54) is 0 Å². The van der Waals surface area contributed by atoms with Gasteiger partial charge in [-0.25, -0.2) is 4.79 Å². The van der Waals surface area contributed by atoms with Gasteiger partial charge in [-0.1, -0.05) is 41.9 Å². The minimum absolute atomic E-state index is 0.0477. The zero-order valence-corrected chi connectivity index (χ0v) is 16.4. The molecular weight excluding hydrogens is 378 g/mol. The fraction of sp³-hybridized carbons (Fsp3) is 0.333. The van der Waals surface area contributed by atoms with Gasteiger partial charge < -0.3 is 21.1 Å². The van der Waals surface area contributed by atoms with Crippen LogP contribution in [0, 0.1) is 5.92 Å². The molecule has 1 fully saturated rings. The predicted octanol–water partition coefficient (Wildman–Crippen LogP) is 3.72. The SMILES string of the molecule is COc1ccc(C(NC(=O)CC(NC(N)=O)c2ccccc2Cl)C2CC2)cc1. The lowest BCUT2D eigenvalue weighted by Crippen LogP contribution is -2.38. The second-order valence-electron chi connectivity index (χ2n) is 6.94. The molecule has 7 heteroatoms. The van der Waals surface area contributed by atoms with Crippen molar-refractivity contribution in [1.29, 1.82) is 0 Å². The monoisotopic (exact) mass is 401 g/mol. The second kappa shape index (κ2) is 8.97. The molecule has 148 valence electrons. The first-order valence-electron chi connectivity index (χ1n) is 9.21. The minimum Gasteiger partial charge on any atom is -0.497 e. The molecular formula is C21H24ClN3O3. The van der Waals surface area contributed by atoms with Crippen molar-refractivity contribution in [2.45, 2.75) is 31.3 Å². The molecule has 2 unspecified atom stereocenters. The zero-order valence-electron chi connectivity index (χ0n) is 15.7. The molecule has 28 heavy (non-hydrogen) atoms. The number of carbonyl (C=O) groups is 2. The van der Waals surface area contributed by atoms with E-state index in [1.807, 2.05) is 24.3 Å². The summed E-state index contributed by atoms with van der Waals surface area (Å²) < 4.78 is 5.20. The van der Waals surface area contributed by atoms with Crippen molar-refractivity contribution >= 4 is 23.5 Å². The van der Waals surface area contributed by atoms with Crippen molar-refractivity contribution in [3.05, 3.63) is 64.7 Å². The molecule has 0 aromatic heterocycles. The number of halogens is 1. The Labute approximate surface area is 169 Å². The molecule has 2 atom stereocenters. The summed E-state index contributed by atoms with van der Waals surface area (Å²) >= 11 is 6.24. The van der Waals surface area contributed by atoms with Crippen LogP contribution in [0.15, 0.2) is 48.5 Å². The summed E-state index contributed by atoms with van der Waals surface area (Å²) in [5.74, 6) is 1.01. The molecule has 1 saturated carbocycles. The number of hydrogen-bond donors (Lipinski definition) is 3. The Morgan fingerprint density at radius 1 is 1.14 bits per heavy atom. The first-order valence-corrected chi connectivity index (χ1v) is 9.59. The summed E-state index contributed by atoms with van der Waals surface area (Å²) in [7, 11) is 1.62. The molecule has 0 bridgehead atoms. The molecule has 1 aliphatic rings. The number of benzene rings is 2. The second-order valence-corrected chi connectivity index (χ2v) is 7.35. The number of urea groups is 1. The van der Waals surface area contributed by atoms with Crippen LogP contribution in [0.1, 0.15) is 42.5 Å². The van der Waals surface area contributed by atoms with Crippen LogP contribution in [0.2, 0.25) is 5.02 Å². The van der Waals surface area contributed by atoms with Gasteiger partial charge in [-0.05, 0) is 48.1 Å². The van der Waals surface area contributed by atoms with Crippen LogP contribution in [0.4, 0.5) is 4.79 Å². The van der Waals surface area contributed by atoms with Crippen molar-refractivity contribution in [2.24, 2.45) is 11.7 Å². The van der Waals surface area contributed by atoms with E-state index in [1.54, 1.807) is 31.4 Å². The maximum atomic E-state index is 12.8. The third-order valence-electron chi connectivity index (χ3n) is 4.87. The third kappa shape index (κ3) is 5.16. The van der Waals surface area contributed by atoms with Gasteiger partial charge in [0.1, 0.15) is 5.75 Å². The van der Waals surface area contributed by atoms with Crippen molar-refractivity contribution in [1.82, 2.24) is 10.6 Å². The molecule has 0 saturated heterocycles. The average Bonchev–Trinajstić information content (AvgIpc) is 3.51. The highest BCUT2D eigenvalue weighted by atomic mass is 35.5. The summed E-state index contributed by atoms with van der Waals surface area (Å²) in [6, 6.07) is 13.4. The average molecular weight is 402 g/mol. The Bertz CT molecular complexity index is 837. The largest absolute Gasteiger partial charge is 0.497 e. The Morgan fingerprint density at radius 2 is 1.82 bits per heavy atom. The van der Waals surface area contributed by atoms with Crippen LogP contribution in [-0.2, 0) is 4.79 Å². The number of hydrogen-bond acceptors (Lipinski definition) is 3. The summed E-state index contributed by atoms with van der Waals surface area (Å²) in [5.41, 5.74) is 6.99. The summed E-state index contributed by atoms with van der Waals surface area (Å²) in [6.45, 7) is 0. The van der Waals surface area contributed by atoms with E-state index in [-0.39, 0.29) is 18.4 Å². The van der Waals surface area contributed by atoms with E-state index in [4.69, 9.17) is 22.1 Å². The van der Waals surface area contributed by atoms with Gasteiger partial charge in [0.25, 0.3) is 0 Å². The topological polar surface area (TPSA) is 93.4 Å². The number of carbonyl (C=O) groups excluding carboxylic acids is 2. The quantitative estimate of drug-likeness (QED) is 0.629. The summed E-state index contributed by atoms with van der Waals surface area (Å²) in [5, 5.41) is 6.20. The molecule has 1 aliphatic carbocycles. The Hall–Kier alpha value is -2.73. The smallest absolute Gasteiger partial charge is 0.312 e. The van der Waals surface area contributed by atoms with Gasteiger partial charge in [0, 0.05) is 5.02 Å². The normalized spacial score (nSPS) is 15.4. The van der Waals surface area contributed by atoms with E-state index < -0.39 is 12.1 Å². The van der Waals surface area contributed by atoms with E-state index in [9.17, 15) is 9.59 Å². The zero-order chi connectivity index (χ0) is 20.1. The first kappa shape index (κ1) is 20.0. The molecule has 2 aromatic rings. The van der Waals surface area contributed by atoms with Crippen LogP contribution in [0.3, 0.4) is 0 Å². The van der Waals surface area contributed by atoms with E-state index >= 15 is 0 Å². The molecule has 0 aliphatic heterocycles. The Morgan fingerprint density at radius 3 is 2.39 bits per heavy atom. The van der Waals surface area contributed by atoms with Gasteiger partial charge in [-0.3, -0.25) is 4.79 Å². The van der Waals surface area contributed by atoms with Crippen LogP contribution in [0.5, 0.6) is 5.75 Å². The highest BCUT2D eigenvalue weighted by Crippen LogP contribution is 2.41. The summed E-state index contributed by atoms with van der Waals surface area (Å²) in [4.78, 5) is 24.2. The fourth-order valence-corrected chi connectivity index (χ4v) is 3.57. The van der Waals surface area contributed by atoms with E-state index in [0.29, 0.717) is 16.5 Å². The molecule has 4 N–H and O–H groups in total. The van der Waals surface area contributed by atoms with Crippen molar-refractivity contribution in [2.75, 3.05) is 7.11 Å². The molecule has 0 spiro atoms. The van der Waals surface area contributed by atoms with Crippen molar-refractivity contribution < 1.29 is 14.3 Å². The first-order chi connectivity index (χ1) is 13.5. The van der Waals surface area contributed by atoms with Crippen LogP contribution in [-0.4, -0.2) is 19.0 Å². The number of nitrogens with one attached hydrogen (secondary N) is 2. The van der Waals surface area contributed by atoms with Crippen LogP contribution in [0.25, 0.3) is 0 Å². The maximum absolute atomic E-state index is 12.8. The van der Waals surface area contributed by atoms with E-state index in [0.717, 1.165) is 24.2 Å². The number of ether oxygens (including phenoxy) is 1. The third-order valence-corrected chi connectivity index (χ3v) is 5.22. The Kier molecular flexibility index (Phi) is 6.41. The van der Waals surface area contributed by atoms with Gasteiger partial charge in [0.05, 0.1) is 25.6 Å². The molecule has 6 nitrogen and oxygen atoms in total. The van der Waals surface area contributed by atoms with E-state index in [2.05, 4.69) is 10.6 Å². The van der Waals surface area contributed by atoms with Gasteiger partial charge >= 0.3 is 6.03 Å². The fourth-order valence-electron chi connectivity index (χ4n) is 3.30. The van der Waals surface area contributed by atoms with Gasteiger partial charge in [-0.15, -0.1) is 0 Å². The van der Waals surface area contributed by atoms with Gasteiger partial charge in [0.2, 0.25) is 5.91 Å². The maximum Gasteiger partial charge on any atom is 0.312 e. The molecule has 0 heterocycles. The standard InChI is InChI=1S/C21H24ClN3O3/c1-28-15-10-8-14(9-11-15)20(13-6-7-13)25-19(26)12-18(24-21(23)27)16-4-2-3-5-17(16)22/h2-5,8-11,13,18,20H,6-7,12H2,1H3,(H,25,26)(H3,23,24,27). The lowest BCUT2D eigenvalue weighted by molar-refractivity contribution is -0.122. The van der Waals surface area contributed by atoms with Crippen molar-refractivity contribution in [3.8, 4) is 5.75 Å². The molecule has 2 aromatic carbocycles. The van der Waals surface area contributed by atoms with Crippen LogP contribution >= 0.6 is 11.6 Å². The number of primary amides is 1. The Balaban J connectivity index is 1.73. The van der Waals surface area contributed by atoms with Gasteiger partial charge in [0.15, 0.2) is 0 Å². The lowest BCUT2D eigenvalue weighted by atomic mass is 10.00. The van der Waals surface area contributed by atoms with Crippen LogP contribution < -0.4 is 21.1 Å². The summed E-state index contributed by atoms with van der Waals surface area (Å²) in [6.07, 6.45) is 2.20. The number of amides is 3. The van der Waals surface area contributed by atoms with Gasteiger partial charge in [-0.2, -0.15) is 0 Å².